The quantitative estimate of drug-likeness (QED) is 0.736. The second-order valence-electron chi connectivity index (χ2n) is 6.96. The predicted octanol–water partition coefficient (Wildman–Crippen LogP) is 1.90. The SMILES string of the molecule is CC(NC(=O)C(=O)NCC1(O)CCc2ccccc2C1)c1ccccc1. The van der Waals surface area contributed by atoms with E-state index in [0.29, 0.717) is 12.8 Å². The number of hydrogen-bond acceptors (Lipinski definition) is 3. The van der Waals surface area contributed by atoms with Crippen LogP contribution in [0.5, 0.6) is 0 Å². The van der Waals surface area contributed by atoms with Crippen LogP contribution in [0.4, 0.5) is 0 Å². The number of aliphatic hydroxyl groups is 1. The van der Waals surface area contributed by atoms with Crippen LogP contribution >= 0.6 is 0 Å². The zero-order valence-electron chi connectivity index (χ0n) is 14.9. The first-order valence-corrected chi connectivity index (χ1v) is 8.90. The van der Waals surface area contributed by atoms with Crippen LogP contribution in [-0.4, -0.2) is 29.1 Å². The van der Waals surface area contributed by atoms with E-state index in [9.17, 15) is 14.7 Å². The summed E-state index contributed by atoms with van der Waals surface area (Å²) in [4.78, 5) is 24.2. The maximum Gasteiger partial charge on any atom is 0.309 e. The molecule has 2 unspecified atom stereocenters. The second kappa shape index (κ2) is 7.70. The van der Waals surface area contributed by atoms with E-state index in [4.69, 9.17) is 0 Å². The van der Waals surface area contributed by atoms with E-state index in [0.717, 1.165) is 17.5 Å². The summed E-state index contributed by atoms with van der Waals surface area (Å²) in [6, 6.07) is 17.2. The number of hydrogen-bond donors (Lipinski definition) is 3. The van der Waals surface area contributed by atoms with Gasteiger partial charge in [0, 0.05) is 13.0 Å². The minimum Gasteiger partial charge on any atom is -0.388 e. The lowest BCUT2D eigenvalue weighted by Crippen LogP contribution is -2.50. The van der Waals surface area contributed by atoms with Crippen LogP contribution < -0.4 is 10.6 Å². The van der Waals surface area contributed by atoms with Crippen molar-refractivity contribution >= 4 is 11.8 Å². The molecule has 0 fully saturated rings. The lowest BCUT2D eigenvalue weighted by molar-refractivity contribution is -0.140. The largest absolute Gasteiger partial charge is 0.388 e. The molecule has 0 saturated heterocycles. The van der Waals surface area contributed by atoms with E-state index in [2.05, 4.69) is 16.7 Å². The summed E-state index contributed by atoms with van der Waals surface area (Å²) < 4.78 is 0. The Kier molecular flexibility index (Phi) is 5.38. The molecule has 0 saturated carbocycles. The summed E-state index contributed by atoms with van der Waals surface area (Å²) in [7, 11) is 0. The Hall–Kier alpha value is -2.66. The van der Waals surface area contributed by atoms with Gasteiger partial charge in [0.1, 0.15) is 0 Å². The highest BCUT2D eigenvalue weighted by atomic mass is 16.3. The van der Waals surface area contributed by atoms with Gasteiger partial charge >= 0.3 is 11.8 Å². The van der Waals surface area contributed by atoms with Gasteiger partial charge in [-0.1, -0.05) is 54.6 Å². The van der Waals surface area contributed by atoms with Gasteiger partial charge in [0.15, 0.2) is 0 Å². The molecule has 0 aromatic heterocycles. The van der Waals surface area contributed by atoms with E-state index in [1.54, 1.807) is 0 Å². The van der Waals surface area contributed by atoms with Gasteiger partial charge in [-0.2, -0.15) is 0 Å². The topological polar surface area (TPSA) is 78.4 Å². The highest BCUT2D eigenvalue weighted by Crippen LogP contribution is 2.28. The zero-order valence-corrected chi connectivity index (χ0v) is 14.9. The maximum atomic E-state index is 12.1. The third kappa shape index (κ3) is 4.29. The molecule has 5 nitrogen and oxygen atoms in total. The van der Waals surface area contributed by atoms with Crippen molar-refractivity contribution in [1.29, 1.82) is 0 Å². The van der Waals surface area contributed by atoms with Crippen molar-refractivity contribution in [1.82, 2.24) is 10.6 Å². The molecular weight excluding hydrogens is 328 g/mol. The molecule has 0 heterocycles. The van der Waals surface area contributed by atoms with Crippen molar-refractivity contribution in [2.45, 2.75) is 37.8 Å². The summed E-state index contributed by atoms with van der Waals surface area (Å²) >= 11 is 0. The van der Waals surface area contributed by atoms with Crippen LogP contribution in [-0.2, 0) is 22.4 Å². The Morgan fingerprint density at radius 3 is 2.42 bits per heavy atom. The molecular formula is C21H24N2O3. The Labute approximate surface area is 153 Å². The van der Waals surface area contributed by atoms with Crippen LogP contribution in [0.1, 0.15) is 36.1 Å². The van der Waals surface area contributed by atoms with Crippen molar-refractivity contribution < 1.29 is 14.7 Å². The van der Waals surface area contributed by atoms with Crippen molar-refractivity contribution in [3.05, 3.63) is 71.3 Å². The van der Waals surface area contributed by atoms with Crippen LogP contribution in [0.3, 0.4) is 0 Å². The van der Waals surface area contributed by atoms with E-state index < -0.39 is 17.4 Å². The van der Waals surface area contributed by atoms with Crippen LogP contribution in [0.2, 0.25) is 0 Å². The molecule has 2 aromatic rings. The Morgan fingerprint density at radius 1 is 1.04 bits per heavy atom. The number of rotatable bonds is 4. The summed E-state index contributed by atoms with van der Waals surface area (Å²) in [5, 5.41) is 16.0. The number of nitrogens with one attached hydrogen (secondary N) is 2. The predicted molar refractivity (Wildman–Crippen MR) is 99.4 cm³/mol. The number of fused-ring (bicyclic) bond motifs is 1. The number of benzene rings is 2. The normalized spacial score (nSPS) is 19.9. The summed E-state index contributed by atoms with van der Waals surface area (Å²) in [6.45, 7) is 1.89. The van der Waals surface area contributed by atoms with Crippen molar-refractivity contribution in [2.24, 2.45) is 0 Å². The van der Waals surface area contributed by atoms with Crippen molar-refractivity contribution in [3.8, 4) is 0 Å². The van der Waals surface area contributed by atoms with Crippen molar-refractivity contribution in [2.75, 3.05) is 6.54 Å². The van der Waals surface area contributed by atoms with Crippen LogP contribution in [0.15, 0.2) is 54.6 Å². The minimum absolute atomic E-state index is 0.0628. The molecule has 5 heteroatoms. The fourth-order valence-corrected chi connectivity index (χ4v) is 3.35. The number of aryl methyl sites for hydroxylation is 1. The van der Waals surface area contributed by atoms with E-state index in [1.165, 1.54) is 5.56 Å². The van der Waals surface area contributed by atoms with Gasteiger partial charge < -0.3 is 15.7 Å². The Morgan fingerprint density at radius 2 is 1.69 bits per heavy atom. The van der Waals surface area contributed by atoms with Gasteiger partial charge in [-0.3, -0.25) is 9.59 Å². The third-order valence-electron chi connectivity index (χ3n) is 4.93. The molecule has 3 N–H and O–H groups in total. The van der Waals surface area contributed by atoms with E-state index >= 15 is 0 Å². The van der Waals surface area contributed by atoms with Crippen LogP contribution in [0, 0.1) is 0 Å². The van der Waals surface area contributed by atoms with Gasteiger partial charge in [0.25, 0.3) is 0 Å². The summed E-state index contributed by atoms with van der Waals surface area (Å²) in [5.41, 5.74) is 2.24. The first-order chi connectivity index (χ1) is 12.5. The zero-order chi connectivity index (χ0) is 18.6. The smallest absolute Gasteiger partial charge is 0.309 e. The second-order valence-corrected chi connectivity index (χ2v) is 6.96. The number of carbonyl (C=O) groups is 2. The standard InChI is InChI=1S/C21H24N2O3/c1-15(16-7-3-2-4-8-16)23-20(25)19(24)22-14-21(26)12-11-17-9-5-6-10-18(17)13-21/h2-10,15,26H,11-14H2,1H3,(H,22,24)(H,23,25). The third-order valence-corrected chi connectivity index (χ3v) is 4.93. The van der Waals surface area contributed by atoms with Gasteiger partial charge in [0.05, 0.1) is 11.6 Å². The highest BCUT2D eigenvalue weighted by Gasteiger charge is 2.33. The highest BCUT2D eigenvalue weighted by molar-refractivity contribution is 6.35. The fraction of sp³-hybridized carbons (Fsp3) is 0.333. The lowest BCUT2D eigenvalue weighted by atomic mass is 9.80. The van der Waals surface area contributed by atoms with Crippen LogP contribution in [0.25, 0.3) is 0 Å². The van der Waals surface area contributed by atoms with Gasteiger partial charge in [-0.15, -0.1) is 0 Å². The van der Waals surface area contributed by atoms with Gasteiger partial charge in [-0.25, -0.2) is 0 Å². The number of carbonyl (C=O) groups excluding carboxylic acids is 2. The first kappa shape index (κ1) is 18.1. The molecule has 2 amide bonds. The average Bonchev–Trinajstić information content (AvgIpc) is 2.66. The summed E-state index contributed by atoms with van der Waals surface area (Å²) in [6.07, 6.45) is 1.80. The molecule has 0 bridgehead atoms. The lowest BCUT2D eigenvalue weighted by Gasteiger charge is -2.33. The molecule has 1 aliphatic rings. The monoisotopic (exact) mass is 352 g/mol. The average molecular weight is 352 g/mol. The molecule has 136 valence electrons. The fourth-order valence-electron chi connectivity index (χ4n) is 3.35. The molecule has 3 rings (SSSR count). The van der Waals surface area contributed by atoms with E-state index in [-0.39, 0.29) is 12.6 Å². The van der Waals surface area contributed by atoms with Crippen molar-refractivity contribution in [3.63, 3.8) is 0 Å². The molecule has 0 radical (unpaired) electrons. The Bertz CT molecular complexity index is 791. The molecule has 0 spiro atoms. The minimum atomic E-state index is -1.02. The molecule has 2 aromatic carbocycles. The molecule has 26 heavy (non-hydrogen) atoms. The summed E-state index contributed by atoms with van der Waals surface area (Å²) in [5.74, 6) is -1.42. The molecule has 0 aliphatic heterocycles. The number of amides is 2. The van der Waals surface area contributed by atoms with Gasteiger partial charge in [0.2, 0.25) is 0 Å². The first-order valence-electron chi connectivity index (χ1n) is 8.90. The Balaban J connectivity index is 1.53. The molecule has 2 atom stereocenters. The van der Waals surface area contributed by atoms with Gasteiger partial charge in [-0.05, 0) is 36.5 Å². The molecule has 1 aliphatic carbocycles. The maximum absolute atomic E-state index is 12.1. The van der Waals surface area contributed by atoms with E-state index in [1.807, 2.05) is 55.5 Å².